The number of nitriles is 1. The molecule has 0 saturated carbocycles. The summed E-state index contributed by atoms with van der Waals surface area (Å²) in [6.07, 6.45) is 0. The number of hydrogen-bond acceptors (Lipinski definition) is 5. The fourth-order valence-electron chi connectivity index (χ4n) is 5.35. The zero-order valence-corrected chi connectivity index (χ0v) is 21.4. The van der Waals surface area contributed by atoms with E-state index in [9.17, 15) is 10.1 Å². The first-order chi connectivity index (χ1) is 17.4. The Morgan fingerprint density at radius 3 is 2.14 bits per heavy atom. The van der Waals surface area contributed by atoms with Crippen LogP contribution in [-0.4, -0.2) is 39.6 Å². The maximum absolute atomic E-state index is 13.0. The Labute approximate surface area is 216 Å². The normalized spacial score (nSPS) is 18.5. The minimum absolute atomic E-state index is 0.0523. The average Bonchev–Trinajstić information content (AvgIpc) is 2.91. The molecule has 0 aliphatic carbocycles. The van der Waals surface area contributed by atoms with Crippen LogP contribution in [0.5, 0.6) is 0 Å². The van der Waals surface area contributed by atoms with Crippen molar-refractivity contribution in [3.8, 4) is 6.07 Å². The van der Waals surface area contributed by atoms with E-state index < -0.39 is 0 Å². The summed E-state index contributed by atoms with van der Waals surface area (Å²) in [6, 6.07) is 27.0. The average molecular weight is 498 g/mol. The molecular weight excluding hydrogens is 470 g/mol. The predicted octanol–water partition coefficient (Wildman–Crippen LogP) is 5.15. The SMILES string of the molecule is C[C@@H]1CN(c2c(Cl)c(=O)n(C)c3ccc(C#N)nc23)[C@@H](C)CN1C(c1ccccc1)c1ccccc1. The summed E-state index contributed by atoms with van der Waals surface area (Å²) in [5.41, 5.74) is 4.37. The molecule has 0 N–H and O–H groups in total. The molecule has 182 valence electrons. The third kappa shape index (κ3) is 4.15. The van der Waals surface area contributed by atoms with Gasteiger partial charge in [0.2, 0.25) is 0 Å². The predicted molar refractivity (Wildman–Crippen MR) is 144 cm³/mol. The molecule has 2 aromatic carbocycles. The van der Waals surface area contributed by atoms with Gasteiger partial charge >= 0.3 is 0 Å². The van der Waals surface area contributed by atoms with Crippen LogP contribution in [0.4, 0.5) is 5.69 Å². The number of piperazine rings is 1. The highest BCUT2D eigenvalue weighted by Gasteiger charge is 2.37. The van der Waals surface area contributed by atoms with Gasteiger partial charge in [-0.05, 0) is 37.1 Å². The molecule has 3 heterocycles. The molecule has 7 heteroatoms. The number of hydrogen-bond donors (Lipinski definition) is 0. The van der Waals surface area contributed by atoms with Crippen molar-refractivity contribution in [3.05, 3.63) is 105 Å². The third-order valence-electron chi connectivity index (χ3n) is 7.16. The number of rotatable bonds is 4. The molecule has 1 aliphatic rings. The van der Waals surface area contributed by atoms with Crippen LogP contribution in [-0.2, 0) is 7.05 Å². The quantitative estimate of drug-likeness (QED) is 0.390. The van der Waals surface area contributed by atoms with Gasteiger partial charge in [-0.2, -0.15) is 5.26 Å². The molecule has 0 unspecified atom stereocenters. The Balaban J connectivity index is 1.58. The van der Waals surface area contributed by atoms with Crippen LogP contribution >= 0.6 is 11.6 Å². The van der Waals surface area contributed by atoms with Crippen molar-refractivity contribution < 1.29 is 0 Å². The van der Waals surface area contributed by atoms with Gasteiger partial charge in [-0.15, -0.1) is 0 Å². The third-order valence-corrected chi connectivity index (χ3v) is 7.50. The molecule has 6 nitrogen and oxygen atoms in total. The second-order valence-electron chi connectivity index (χ2n) is 9.47. The van der Waals surface area contributed by atoms with E-state index in [0.717, 1.165) is 6.54 Å². The molecule has 1 fully saturated rings. The van der Waals surface area contributed by atoms with Gasteiger partial charge in [-0.3, -0.25) is 9.69 Å². The number of nitrogens with zero attached hydrogens (tertiary/aromatic N) is 5. The summed E-state index contributed by atoms with van der Waals surface area (Å²) < 4.78 is 1.50. The molecule has 0 radical (unpaired) electrons. The van der Waals surface area contributed by atoms with Crippen molar-refractivity contribution in [2.75, 3.05) is 18.0 Å². The minimum Gasteiger partial charge on any atom is -0.363 e. The lowest BCUT2D eigenvalue weighted by molar-refractivity contribution is 0.130. The van der Waals surface area contributed by atoms with Crippen LogP contribution in [0.3, 0.4) is 0 Å². The van der Waals surface area contributed by atoms with E-state index in [1.165, 1.54) is 15.7 Å². The standard InChI is InChI=1S/C29H28ClN5O/c1-19-18-35(28-25(30)29(36)33(3)24-15-14-23(16-31)32-26(24)28)20(2)17-34(19)27(21-10-6-4-7-11-21)22-12-8-5-9-13-22/h4-15,19-20,27H,17-18H2,1-3H3/t19-,20+/m1/s1. The minimum atomic E-state index is -0.264. The summed E-state index contributed by atoms with van der Waals surface area (Å²) >= 11 is 6.70. The topological polar surface area (TPSA) is 65.2 Å². The molecule has 0 spiro atoms. The van der Waals surface area contributed by atoms with E-state index in [-0.39, 0.29) is 28.7 Å². The van der Waals surface area contributed by atoms with Crippen LogP contribution < -0.4 is 10.5 Å². The van der Waals surface area contributed by atoms with Crippen molar-refractivity contribution in [2.24, 2.45) is 7.05 Å². The van der Waals surface area contributed by atoms with Gasteiger partial charge in [0.1, 0.15) is 22.3 Å². The molecule has 1 aliphatic heterocycles. The van der Waals surface area contributed by atoms with Crippen LogP contribution in [0, 0.1) is 11.3 Å². The molecule has 2 aromatic heterocycles. The molecular formula is C29H28ClN5O. The Bertz CT molecular complexity index is 1460. The van der Waals surface area contributed by atoms with E-state index in [2.05, 4.69) is 83.2 Å². The van der Waals surface area contributed by atoms with Gasteiger partial charge in [0.15, 0.2) is 0 Å². The van der Waals surface area contributed by atoms with E-state index >= 15 is 0 Å². The van der Waals surface area contributed by atoms with E-state index in [1.807, 2.05) is 12.1 Å². The Kier molecular flexibility index (Phi) is 6.53. The first-order valence-electron chi connectivity index (χ1n) is 12.1. The lowest BCUT2D eigenvalue weighted by atomic mass is 9.93. The van der Waals surface area contributed by atoms with Gasteiger partial charge in [-0.1, -0.05) is 72.3 Å². The molecule has 5 rings (SSSR count). The number of fused-ring (bicyclic) bond motifs is 1. The zero-order valence-electron chi connectivity index (χ0n) is 20.6. The highest BCUT2D eigenvalue weighted by molar-refractivity contribution is 6.34. The summed E-state index contributed by atoms with van der Waals surface area (Å²) in [6.45, 7) is 5.79. The Morgan fingerprint density at radius 1 is 0.944 bits per heavy atom. The van der Waals surface area contributed by atoms with Crippen molar-refractivity contribution in [3.63, 3.8) is 0 Å². The fraction of sp³-hybridized carbons (Fsp3) is 0.276. The van der Waals surface area contributed by atoms with Gasteiger partial charge in [0, 0.05) is 32.2 Å². The lowest BCUT2D eigenvalue weighted by Gasteiger charge is -2.48. The molecule has 0 bridgehead atoms. The number of pyridine rings is 2. The molecule has 36 heavy (non-hydrogen) atoms. The summed E-state index contributed by atoms with van der Waals surface area (Å²) in [5, 5.41) is 9.60. The highest BCUT2D eigenvalue weighted by atomic mass is 35.5. The fourth-order valence-corrected chi connectivity index (χ4v) is 5.68. The maximum atomic E-state index is 13.0. The monoisotopic (exact) mass is 497 g/mol. The summed E-state index contributed by atoms with van der Waals surface area (Å²) in [5.74, 6) is 0. The van der Waals surface area contributed by atoms with Crippen LogP contribution in [0.15, 0.2) is 77.6 Å². The summed E-state index contributed by atoms with van der Waals surface area (Å²) in [4.78, 5) is 22.3. The number of aryl methyl sites for hydroxylation is 1. The van der Waals surface area contributed by atoms with Gasteiger partial charge in [0.05, 0.1) is 17.2 Å². The van der Waals surface area contributed by atoms with Crippen LogP contribution in [0.25, 0.3) is 11.0 Å². The van der Waals surface area contributed by atoms with Crippen molar-refractivity contribution in [2.45, 2.75) is 32.0 Å². The Hall–Kier alpha value is -3.66. The zero-order chi connectivity index (χ0) is 25.4. The number of anilines is 1. The molecule has 0 amide bonds. The van der Waals surface area contributed by atoms with Crippen molar-refractivity contribution >= 4 is 28.3 Å². The largest absolute Gasteiger partial charge is 0.363 e. The maximum Gasteiger partial charge on any atom is 0.271 e. The summed E-state index contributed by atoms with van der Waals surface area (Å²) in [7, 11) is 1.68. The number of benzene rings is 2. The molecule has 4 aromatic rings. The number of halogens is 1. The second kappa shape index (κ2) is 9.77. The Morgan fingerprint density at radius 2 is 1.56 bits per heavy atom. The van der Waals surface area contributed by atoms with E-state index in [4.69, 9.17) is 11.6 Å². The lowest BCUT2D eigenvalue weighted by Crippen LogP contribution is -2.57. The van der Waals surface area contributed by atoms with E-state index in [0.29, 0.717) is 29.0 Å². The van der Waals surface area contributed by atoms with Gasteiger partial charge in [-0.25, -0.2) is 4.98 Å². The van der Waals surface area contributed by atoms with E-state index in [1.54, 1.807) is 19.2 Å². The second-order valence-corrected chi connectivity index (χ2v) is 9.85. The van der Waals surface area contributed by atoms with Crippen molar-refractivity contribution in [1.82, 2.24) is 14.5 Å². The first-order valence-corrected chi connectivity index (χ1v) is 12.5. The smallest absolute Gasteiger partial charge is 0.271 e. The first kappa shape index (κ1) is 24.1. The van der Waals surface area contributed by atoms with Crippen LogP contribution in [0.2, 0.25) is 5.02 Å². The van der Waals surface area contributed by atoms with Gasteiger partial charge < -0.3 is 9.47 Å². The van der Waals surface area contributed by atoms with Crippen LogP contribution in [0.1, 0.15) is 36.7 Å². The highest BCUT2D eigenvalue weighted by Crippen LogP contribution is 2.38. The van der Waals surface area contributed by atoms with Crippen molar-refractivity contribution in [1.29, 1.82) is 5.26 Å². The van der Waals surface area contributed by atoms with Gasteiger partial charge in [0.25, 0.3) is 5.56 Å². The molecule has 1 saturated heterocycles. The molecule has 2 atom stereocenters. The number of aromatic nitrogens is 2.